The van der Waals surface area contributed by atoms with Gasteiger partial charge >= 0.3 is 6.18 Å². The Balaban J connectivity index is 1.92. The zero-order valence-corrected chi connectivity index (χ0v) is 11.7. The Bertz CT molecular complexity index is 479. The van der Waals surface area contributed by atoms with Crippen LogP contribution in [0, 0.1) is 0 Å². The molecule has 0 aliphatic heterocycles. The van der Waals surface area contributed by atoms with Gasteiger partial charge in [-0.15, -0.1) is 0 Å². The molecule has 1 fully saturated rings. The molecule has 7 heteroatoms. The Hall–Kier alpha value is -1.63. The smallest absolute Gasteiger partial charge is 0.349 e. The molecule has 2 rings (SSSR count). The third-order valence-corrected chi connectivity index (χ3v) is 3.79. The summed E-state index contributed by atoms with van der Waals surface area (Å²) in [6.07, 6.45) is 0.175. The molecule has 0 spiro atoms. The third-order valence-electron chi connectivity index (χ3n) is 3.79. The van der Waals surface area contributed by atoms with Crippen molar-refractivity contribution in [2.75, 3.05) is 7.05 Å². The summed E-state index contributed by atoms with van der Waals surface area (Å²) in [5.41, 5.74) is -0.840. The highest BCUT2D eigenvalue weighted by atomic mass is 19.4. The number of nitrogens with zero attached hydrogens (tertiary/aromatic N) is 1. The first-order valence-electron chi connectivity index (χ1n) is 6.91. The average molecular weight is 301 g/mol. The molecule has 0 atom stereocenters. The van der Waals surface area contributed by atoms with E-state index < -0.39 is 11.9 Å². The molecule has 0 radical (unpaired) electrons. The van der Waals surface area contributed by atoms with Crippen molar-refractivity contribution in [2.24, 2.45) is 0 Å². The van der Waals surface area contributed by atoms with Crippen molar-refractivity contribution in [2.45, 2.75) is 43.9 Å². The zero-order valence-electron chi connectivity index (χ0n) is 11.7. The molecular formula is C14H18F3N3O. The monoisotopic (exact) mass is 301 g/mol. The van der Waals surface area contributed by atoms with Crippen molar-refractivity contribution >= 4 is 5.91 Å². The molecule has 1 saturated carbocycles. The summed E-state index contributed by atoms with van der Waals surface area (Å²) < 4.78 is 37.2. The van der Waals surface area contributed by atoms with Crippen molar-refractivity contribution in [3.63, 3.8) is 0 Å². The summed E-state index contributed by atoms with van der Waals surface area (Å²) >= 11 is 0. The summed E-state index contributed by atoms with van der Waals surface area (Å²) in [5, 5.41) is 6.05. The van der Waals surface area contributed by atoms with E-state index in [0.717, 1.165) is 44.0 Å². The van der Waals surface area contributed by atoms with Crippen molar-refractivity contribution in [3.05, 3.63) is 29.6 Å². The van der Waals surface area contributed by atoms with Gasteiger partial charge in [-0.1, -0.05) is 0 Å². The van der Waals surface area contributed by atoms with Gasteiger partial charge in [0.2, 0.25) is 0 Å². The van der Waals surface area contributed by atoms with E-state index in [1.165, 1.54) is 0 Å². The van der Waals surface area contributed by atoms with Crippen LogP contribution in [0.4, 0.5) is 13.2 Å². The molecule has 0 unspecified atom stereocenters. The van der Waals surface area contributed by atoms with Crippen LogP contribution >= 0.6 is 0 Å². The summed E-state index contributed by atoms with van der Waals surface area (Å²) in [7, 11) is 1.91. The number of halogens is 3. The van der Waals surface area contributed by atoms with Gasteiger partial charge in [-0.25, -0.2) is 0 Å². The fourth-order valence-electron chi connectivity index (χ4n) is 2.49. The Morgan fingerprint density at radius 1 is 1.19 bits per heavy atom. The predicted octanol–water partition coefficient (Wildman–Crippen LogP) is 2.36. The lowest BCUT2D eigenvalue weighted by Crippen LogP contribution is -2.41. The number of rotatable bonds is 3. The van der Waals surface area contributed by atoms with Crippen LogP contribution in [0.2, 0.25) is 0 Å². The SMILES string of the molecule is CNC1CCC(NC(=O)c2ccc(C(F)(F)F)nc2)CC1. The maximum absolute atomic E-state index is 12.4. The summed E-state index contributed by atoms with van der Waals surface area (Å²) in [4.78, 5) is 15.3. The molecule has 1 amide bonds. The van der Waals surface area contributed by atoms with Crippen LogP contribution in [-0.4, -0.2) is 30.0 Å². The number of aromatic nitrogens is 1. The second-order valence-corrected chi connectivity index (χ2v) is 5.24. The van der Waals surface area contributed by atoms with E-state index in [1.54, 1.807) is 0 Å². The minimum Gasteiger partial charge on any atom is -0.349 e. The summed E-state index contributed by atoms with van der Waals surface area (Å²) in [6, 6.07) is 2.53. The summed E-state index contributed by atoms with van der Waals surface area (Å²) in [6.45, 7) is 0. The Morgan fingerprint density at radius 3 is 2.29 bits per heavy atom. The molecular weight excluding hydrogens is 283 g/mol. The highest BCUT2D eigenvalue weighted by Crippen LogP contribution is 2.27. The van der Waals surface area contributed by atoms with E-state index in [1.807, 2.05) is 7.05 Å². The number of hydrogen-bond donors (Lipinski definition) is 2. The molecule has 116 valence electrons. The van der Waals surface area contributed by atoms with E-state index in [0.29, 0.717) is 6.04 Å². The second kappa shape index (κ2) is 6.43. The molecule has 0 aromatic carbocycles. The third kappa shape index (κ3) is 4.17. The maximum atomic E-state index is 12.4. The molecule has 1 heterocycles. The molecule has 1 aliphatic carbocycles. The number of amides is 1. The van der Waals surface area contributed by atoms with Gasteiger partial charge in [-0.2, -0.15) is 13.2 Å². The van der Waals surface area contributed by atoms with E-state index in [9.17, 15) is 18.0 Å². The number of alkyl halides is 3. The largest absolute Gasteiger partial charge is 0.433 e. The van der Waals surface area contributed by atoms with E-state index in [-0.39, 0.29) is 17.5 Å². The average Bonchev–Trinajstić information content (AvgIpc) is 2.47. The maximum Gasteiger partial charge on any atom is 0.433 e. The van der Waals surface area contributed by atoms with Crippen molar-refractivity contribution in [1.29, 1.82) is 0 Å². The van der Waals surface area contributed by atoms with Crippen LogP contribution < -0.4 is 10.6 Å². The van der Waals surface area contributed by atoms with Crippen molar-refractivity contribution in [3.8, 4) is 0 Å². The minimum atomic E-state index is -4.49. The number of carbonyl (C=O) groups is 1. The van der Waals surface area contributed by atoms with Gasteiger partial charge < -0.3 is 10.6 Å². The Labute approximate surface area is 121 Å². The first-order valence-corrected chi connectivity index (χ1v) is 6.91. The van der Waals surface area contributed by atoms with Crippen molar-refractivity contribution in [1.82, 2.24) is 15.6 Å². The van der Waals surface area contributed by atoms with Crippen LogP contribution in [0.15, 0.2) is 18.3 Å². The van der Waals surface area contributed by atoms with Gasteiger partial charge in [0.15, 0.2) is 0 Å². The van der Waals surface area contributed by atoms with Gasteiger partial charge in [0.05, 0.1) is 5.56 Å². The standard InChI is InChI=1S/C14H18F3N3O/c1-18-10-3-5-11(6-4-10)20-13(21)9-2-7-12(19-8-9)14(15,16)17/h2,7-8,10-11,18H,3-6H2,1H3,(H,20,21). The molecule has 0 bridgehead atoms. The predicted molar refractivity (Wildman–Crippen MR) is 71.8 cm³/mol. The van der Waals surface area contributed by atoms with Crippen LogP contribution in [0.25, 0.3) is 0 Å². The molecule has 1 aliphatic rings. The Kier molecular flexibility index (Phi) is 4.82. The molecule has 1 aromatic heterocycles. The van der Waals surface area contributed by atoms with E-state index >= 15 is 0 Å². The quantitative estimate of drug-likeness (QED) is 0.901. The topological polar surface area (TPSA) is 54.0 Å². The van der Waals surface area contributed by atoms with Crippen molar-refractivity contribution < 1.29 is 18.0 Å². The van der Waals surface area contributed by atoms with Crippen LogP contribution in [-0.2, 0) is 6.18 Å². The van der Waals surface area contributed by atoms with Gasteiger partial charge in [-0.05, 0) is 44.9 Å². The molecule has 21 heavy (non-hydrogen) atoms. The molecule has 4 nitrogen and oxygen atoms in total. The highest BCUT2D eigenvalue weighted by molar-refractivity contribution is 5.94. The second-order valence-electron chi connectivity index (χ2n) is 5.24. The van der Waals surface area contributed by atoms with Crippen LogP contribution in [0.1, 0.15) is 41.7 Å². The molecule has 0 saturated heterocycles. The van der Waals surface area contributed by atoms with Crippen LogP contribution in [0.3, 0.4) is 0 Å². The van der Waals surface area contributed by atoms with Crippen LogP contribution in [0.5, 0.6) is 0 Å². The van der Waals surface area contributed by atoms with Gasteiger partial charge in [0.25, 0.3) is 5.91 Å². The lowest BCUT2D eigenvalue weighted by atomic mass is 9.91. The lowest BCUT2D eigenvalue weighted by molar-refractivity contribution is -0.141. The molecule has 1 aromatic rings. The first kappa shape index (κ1) is 15.8. The highest BCUT2D eigenvalue weighted by Gasteiger charge is 2.32. The Morgan fingerprint density at radius 2 is 1.81 bits per heavy atom. The fraction of sp³-hybridized carbons (Fsp3) is 0.571. The number of hydrogen-bond acceptors (Lipinski definition) is 3. The van der Waals surface area contributed by atoms with E-state index in [2.05, 4.69) is 15.6 Å². The summed E-state index contributed by atoms with van der Waals surface area (Å²) in [5.74, 6) is -0.371. The number of nitrogens with one attached hydrogen (secondary N) is 2. The van der Waals surface area contributed by atoms with E-state index in [4.69, 9.17) is 0 Å². The minimum absolute atomic E-state index is 0.0735. The van der Waals surface area contributed by atoms with Gasteiger partial charge in [0.1, 0.15) is 5.69 Å². The normalized spacial score (nSPS) is 22.9. The lowest BCUT2D eigenvalue weighted by Gasteiger charge is -2.28. The van der Waals surface area contributed by atoms with Gasteiger partial charge in [0, 0.05) is 18.3 Å². The van der Waals surface area contributed by atoms with Gasteiger partial charge in [-0.3, -0.25) is 9.78 Å². The number of carbonyl (C=O) groups excluding carboxylic acids is 1. The molecule has 2 N–H and O–H groups in total. The first-order chi connectivity index (χ1) is 9.90. The fourth-order valence-corrected chi connectivity index (χ4v) is 2.49. The number of pyridine rings is 1. The zero-order chi connectivity index (χ0) is 15.5.